The van der Waals surface area contributed by atoms with Crippen LogP contribution in [0.3, 0.4) is 0 Å². The first-order chi connectivity index (χ1) is 10.8. The molecule has 1 amide bonds. The smallest absolute Gasteiger partial charge is 0.322 e. The maximum atomic E-state index is 12.2. The van der Waals surface area contributed by atoms with Gasteiger partial charge < -0.3 is 4.42 Å². The van der Waals surface area contributed by atoms with E-state index in [-0.39, 0.29) is 11.9 Å². The van der Waals surface area contributed by atoms with Crippen molar-refractivity contribution in [1.29, 1.82) is 0 Å². The number of nitrogens with zero attached hydrogens (tertiary/aromatic N) is 3. The standard InChI is InChI=1S/C14H8N4O2S2/c19-12(8-3-4-9-11(6-8)22-7-15-9)16-14-18-17-13(20-14)10-2-1-5-21-10/h1-7H,(H,16,18,19). The van der Waals surface area contributed by atoms with Gasteiger partial charge in [-0.1, -0.05) is 11.2 Å². The molecule has 0 aliphatic heterocycles. The summed E-state index contributed by atoms with van der Waals surface area (Å²) in [6, 6.07) is 9.17. The Morgan fingerprint density at radius 3 is 3.00 bits per heavy atom. The molecule has 0 fully saturated rings. The zero-order chi connectivity index (χ0) is 14.9. The number of thiazole rings is 1. The minimum absolute atomic E-state index is 0.0813. The summed E-state index contributed by atoms with van der Waals surface area (Å²) < 4.78 is 6.40. The Morgan fingerprint density at radius 1 is 1.18 bits per heavy atom. The molecule has 6 nitrogen and oxygen atoms in total. The molecule has 1 aromatic carbocycles. The van der Waals surface area contributed by atoms with Crippen LogP contribution in [0.5, 0.6) is 0 Å². The topological polar surface area (TPSA) is 80.9 Å². The van der Waals surface area contributed by atoms with Gasteiger partial charge in [0.1, 0.15) is 0 Å². The number of fused-ring (bicyclic) bond motifs is 1. The van der Waals surface area contributed by atoms with Crippen LogP contribution in [0.1, 0.15) is 10.4 Å². The van der Waals surface area contributed by atoms with E-state index in [0.29, 0.717) is 11.5 Å². The third-order valence-electron chi connectivity index (χ3n) is 2.97. The predicted octanol–water partition coefficient (Wildman–Crippen LogP) is 3.66. The molecule has 0 unspecified atom stereocenters. The highest BCUT2D eigenvalue weighted by atomic mass is 32.1. The molecule has 0 radical (unpaired) electrons. The Morgan fingerprint density at radius 2 is 2.14 bits per heavy atom. The molecule has 4 aromatic rings. The Hall–Kier alpha value is -2.58. The quantitative estimate of drug-likeness (QED) is 0.621. The van der Waals surface area contributed by atoms with Crippen molar-refractivity contribution in [2.75, 3.05) is 5.32 Å². The summed E-state index contributed by atoms with van der Waals surface area (Å²) in [4.78, 5) is 17.3. The Kier molecular flexibility index (Phi) is 3.17. The molecule has 108 valence electrons. The summed E-state index contributed by atoms with van der Waals surface area (Å²) in [5, 5.41) is 12.3. The molecule has 8 heteroatoms. The van der Waals surface area contributed by atoms with E-state index in [9.17, 15) is 4.79 Å². The number of aromatic nitrogens is 3. The van der Waals surface area contributed by atoms with Crippen LogP contribution < -0.4 is 5.32 Å². The molecule has 1 N–H and O–H groups in total. The fraction of sp³-hybridized carbons (Fsp3) is 0. The second kappa shape index (κ2) is 5.32. The number of thiophene rings is 1. The molecule has 0 aliphatic rings. The van der Waals surface area contributed by atoms with Crippen LogP contribution >= 0.6 is 22.7 Å². The van der Waals surface area contributed by atoms with Crippen molar-refractivity contribution in [2.24, 2.45) is 0 Å². The number of benzene rings is 1. The van der Waals surface area contributed by atoms with Crippen molar-refractivity contribution in [3.05, 3.63) is 46.8 Å². The molecule has 0 saturated carbocycles. The van der Waals surface area contributed by atoms with Gasteiger partial charge in [0, 0.05) is 5.56 Å². The number of hydrogen-bond acceptors (Lipinski definition) is 7. The molecule has 0 aliphatic carbocycles. The molecule has 4 rings (SSSR count). The van der Waals surface area contributed by atoms with Crippen LogP contribution in [0.15, 0.2) is 45.6 Å². The van der Waals surface area contributed by atoms with Crippen molar-refractivity contribution in [1.82, 2.24) is 15.2 Å². The van der Waals surface area contributed by atoms with Crippen LogP contribution in [0.2, 0.25) is 0 Å². The molecule has 22 heavy (non-hydrogen) atoms. The zero-order valence-corrected chi connectivity index (χ0v) is 12.6. The first kappa shape index (κ1) is 13.1. The van der Waals surface area contributed by atoms with E-state index in [1.165, 1.54) is 22.7 Å². The molecule has 3 heterocycles. The number of anilines is 1. The maximum absolute atomic E-state index is 12.2. The van der Waals surface area contributed by atoms with Crippen molar-refractivity contribution in [3.63, 3.8) is 0 Å². The minimum atomic E-state index is -0.295. The molecular weight excluding hydrogens is 320 g/mol. The zero-order valence-electron chi connectivity index (χ0n) is 11.0. The molecule has 0 atom stereocenters. The maximum Gasteiger partial charge on any atom is 0.322 e. The summed E-state index contributed by atoms with van der Waals surface area (Å²) in [6.45, 7) is 0. The van der Waals surface area contributed by atoms with Gasteiger partial charge in [-0.15, -0.1) is 27.8 Å². The molecule has 3 aromatic heterocycles. The average molecular weight is 328 g/mol. The summed E-state index contributed by atoms with van der Waals surface area (Å²) in [6.07, 6.45) is 0. The van der Waals surface area contributed by atoms with E-state index in [4.69, 9.17) is 4.42 Å². The summed E-state index contributed by atoms with van der Waals surface area (Å²) >= 11 is 2.98. The first-order valence-electron chi connectivity index (χ1n) is 6.31. The van der Waals surface area contributed by atoms with Crippen LogP contribution in [-0.4, -0.2) is 21.1 Å². The number of nitrogens with one attached hydrogen (secondary N) is 1. The van der Waals surface area contributed by atoms with Gasteiger partial charge in [-0.2, -0.15) is 0 Å². The van der Waals surface area contributed by atoms with Crippen molar-refractivity contribution in [3.8, 4) is 10.8 Å². The van der Waals surface area contributed by atoms with Gasteiger partial charge in [0.25, 0.3) is 11.8 Å². The monoisotopic (exact) mass is 328 g/mol. The molecule has 0 spiro atoms. The highest BCUT2D eigenvalue weighted by Gasteiger charge is 2.14. The average Bonchev–Trinajstić information content (AvgIpc) is 3.27. The number of rotatable bonds is 3. The van der Waals surface area contributed by atoms with E-state index in [0.717, 1.165) is 15.1 Å². The van der Waals surface area contributed by atoms with Crippen LogP contribution in [0.25, 0.3) is 21.0 Å². The third kappa shape index (κ3) is 2.38. The lowest BCUT2D eigenvalue weighted by Gasteiger charge is -2.00. The predicted molar refractivity (Wildman–Crippen MR) is 85.2 cm³/mol. The van der Waals surface area contributed by atoms with E-state index >= 15 is 0 Å². The van der Waals surface area contributed by atoms with Gasteiger partial charge in [0.05, 0.1) is 20.6 Å². The van der Waals surface area contributed by atoms with E-state index in [1.54, 1.807) is 17.6 Å². The molecule has 0 bridgehead atoms. The highest BCUT2D eigenvalue weighted by molar-refractivity contribution is 7.16. The highest BCUT2D eigenvalue weighted by Crippen LogP contribution is 2.25. The number of hydrogen-bond donors (Lipinski definition) is 1. The lowest BCUT2D eigenvalue weighted by atomic mass is 10.2. The van der Waals surface area contributed by atoms with Gasteiger partial charge in [-0.05, 0) is 29.6 Å². The Labute approximate surface area is 132 Å². The first-order valence-corrected chi connectivity index (χ1v) is 8.07. The lowest BCUT2D eigenvalue weighted by Crippen LogP contribution is -2.11. The van der Waals surface area contributed by atoms with Crippen molar-refractivity contribution < 1.29 is 9.21 Å². The number of carbonyl (C=O) groups excluding carboxylic acids is 1. The number of amides is 1. The molecule has 0 saturated heterocycles. The Bertz CT molecular complexity index is 943. The lowest BCUT2D eigenvalue weighted by molar-refractivity contribution is 0.102. The van der Waals surface area contributed by atoms with Crippen molar-refractivity contribution in [2.45, 2.75) is 0 Å². The summed E-state index contributed by atoms with van der Waals surface area (Å²) in [7, 11) is 0. The summed E-state index contributed by atoms with van der Waals surface area (Å²) in [5.74, 6) is 0.0971. The van der Waals surface area contributed by atoms with Gasteiger partial charge in [0.2, 0.25) is 0 Å². The number of carbonyl (C=O) groups is 1. The van der Waals surface area contributed by atoms with Crippen LogP contribution in [0, 0.1) is 0 Å². The SMILES string of the molecule is O=C(Nc1nnc(-c2cccs2)o1)c1ccc2ncsc2c1. The second-order valence-electron chi connectivity index (χ2n) is 4.38. The van der Waals surface area contributed by atoms with Crippen LogP contribution in [-0.2, 0) is 0 Å². The second-order valence-corrected chi connectivity index (χ2v) is 6.21. The van der Waals surface area contributed by atoms with Gasteiger partial charge in [-0.25, -0.2) is 4.98 Å². The van der Waals surface area contributed by atoms with Crippen molar-refractivity contribution >= 4 is 44.8 Å². The van der Waals surface area contributed by atoms with Crippen LogP contribution in [0.4, 0.5) is 6.01 Å². The van der Waals surface area contributed by atoms with E-state index in [1.807, 2.05) is 23.6 Å². The third-order valence-corrected chi connectivity index (χ3v) is 4.62. The van der Waals surface area contributed by atoms with Gasteiger partial charge >= 0.3 is 6.01 Å². The minimum Gasteiger partial charge on any atom is -0.402 e. The largest absolute Gasteiger partial charge is 0.402 e. The Balaban J connectivity index is 1.56. The van der Waals surface area contributed by atoms with E-state index in [2.05, 4.69) is 20.5 Å². The van der Waals surface area contributed by atoms with E-state index < -0.39 is 0 Å². The van der Waals surface area contributed by atoms with Gasteiger partial charge in [-0.3, -0.25) is 10.1 Å². The fourth-order valence-electron chi connectivity index (χ4n) is 1.94. The fourth-order valence-corrected chi connectivity index (χ4v) is 3.30. The normalized spacial score (nSPS) is 10.9. The summed E-state index contributed by atoms with van der Waals surface area (Å²) in [5.41, 5.74) is 3.14. The molecular formula is C14H8N4O2S2. The van der Waals surface area contributed by atoms with Gasteiger partial charge in [0.15, 0.2) is 0 Å².